The van der Waals surface area contributed by atoms with Crippen molar-refractivity contribution in [2.24, 2.45) is 5.92 Å². The number of nitrogens with zero attached hydrogens (tertiary/aromatic N) is 2. The van der Waals surface area contributed by atoms with Crippen LogP contribution >= 0.6 is 0 Å². The van der Waals surface area contributed by atoms with Crippen molar-refractivity contribution in [3.8, 4) is 0 Å². The summed E-state index contributed by atoms with van der Waals surface area (Å²) in [7, 11) is 0. The van der Waals surface area contributed by atoms with Gasteiger partial charge in [-0.1, -0.05) is 0 Å². The molecule has 2 saturated heterocycles. The second-order valence-electron chi connectivity index (χ2n) is 7.15. The van der Waals surface area contributed by atoms with Crippen molar-refractivity contribution in [2.75, 3.05) is 26.2 Å². The largest absolute Gasteiger partial charge is 0.444 e. The van der Waals surface area contributed by atoms with Crippen molar-refractivity contribution < 1.29 is 14.3 Å². The van der Waals surface area contributed by atoms with Crippen LogP contribution < -0.4 is 0 Å². The molecule has 0 aromatic carbocycles. The molecule has 0 bridgehead atoms. The van der Waals surface area contributed by atoms with Crippen molar-refractivity contribution in [3.63, 3.8) is 0 Å². The Morgan fingerprint density at radius 1 is 0.952 bits per heavy atom. The fourth-order valence-electron chi connectivity index (χ4n) is 3.04. The molecule has 0 aromatic rings. The highest BCUT2D eigenvalue weighted by Crippen LogP contribution is 2.22. The van der Waals surface area contributed by atoms with Gasteiger partial charge in [0.1, 0.15) is 5.60 Å². The van der Waals surface area contributed by atoms with Gasteiger partial charge in [0.25, 0.3) is 0 Å². The lowest BCUT2D eigenvalue weighted by Gasteiger charge is -2.36. The Morgan fingerprint density at radius 3 is 2.19 bits per heavy atom. The number of amides is 2. The van der Waals surface area contributed by atoms with Crippen LogP contribution in [0, 0.1) is 5.92 Å². The van der Waals surface area contributed by atoms with Crippen molar-refractivity contribution >= 4 is 12.0 Å². The van der Waals surface area contributed by atoms with E-state index >= 15 is 0 Å². The number of hydrogen-bond donors (Lipinski definition) is 0. The van der Waals surface area contributed by atoms with E-state index in [1.807, 2.05) is 25.7 Å². The molecule has 0 aliphatic carbocycles. The molecule has 2 aliphatic heterocycles. The summed E-state index contributed by atoms with van der Waals surface area (Å²) in [6.07, 6.45) is 4.90. The minimum atomic E-state index is -0.485. The van der Waals surface area contributed by atoms with E-state index < -0.39 is 5.60 Å². The van der Waals surface area contributed by atoms with Crippen molar-refractivity contribution in [3.05, 3.63) is 0 Å². The average molecular weight is 296 g/mol. The predicted molar refractivity (Wildman–Crippen MR) is 81.0 cm³/mol. The molecule has 0 aromatic heterocycles. The van der Waals surface area contributed by atoms with Gasteiger partial charge in [0, 0.05) is 26.2 Å². The van der Waals surface area contributed by atoms with Crippen molar-refractivity contribution in [2.45, 2.75) is 58.5 Å². The van der Waals surface area contributed by atoms with E-state index in [2.05, 4.69) is 0 Å². The number of piperidine rings is 2. The van der Waals surface area contributed by atoms with Crippen LogP contribution in [0.3, 0.4) is 0 Å². The SMILES string of the molecule is CC(C)(C)OC(=O)N1CCC[C@H](C(=O)N2CCCCC2)C1. The first-order valence-electron chi connectivity index (χ1n) is 8.13. The number of carbonyl (C=O) groups excluding carboxylic acids is 2. The van der Waals surface area contributed by atoms with Gasteiger partial charge in [-0.15, -0.1) is 0 Å². The van der Waals surface area contributed by atoms with Gasteiger partial charge in [-0.25, -0.2) is 4.79 Å². The zero-order chi connectivity index (χ0) is 15.5. The van der Waals surface area contributed by atoms with E-state index in [1.165, 1.54) is 6.42 Å². The van der Waals surface area contributed by atoms with Crippen LogP contribution in [0.2, 0.25) is 0 Å². The maximum absolute atomic E-state index is 12.6. The van der Waals surface area contributed by atoms with E-state index in [0.29, 0.717) is 13.1 Å². The lowest BCUT2D eigenvalue weighted by atomic mass is 9.96. The van der Waals surface area contributed by atoms with E-state index in [-0.39, 0.29) is 17.9 Å². The third kappa shape index (κ3) is 4.61. The van der Waals surface area contributed by atoms with Gasteiger partial charge in [-0.2, -0.15) is 0 Å². The predicted octanol–water partition coefficient (Wildman–Crippen LogP) is 2.65. The van der Waals surface area contributed by atoms with Crippen LogP contribution in [0.5, 0.6) is 0 Å². The van der Waals surface area contributed by atoms with Crippen LogP contribution in [0.4, 0.5) is 4.79 Å². The fourth-order valence-corrected chi connectivity index (χ4v) is 3.04. The monoisotopic (exact) mass is 296 g/mol. The van der Waals surface area contributed by atoms with Crippen molar-refractivity contribution in [1.82, 2.24) is 9.80 Å². The quantitative estimate of drug-likeness (QED) is 0.747. The minimum Gasteiger partial charge on any atom is -0.444 e. The normalized spacial score (nSPS) is 23.9. The Morgan fingerprint density at radius 2 is 1.57 bits per heavy atom. The van der Waals surface area contributed by atoms with Gasteiger partial charge in [-0.05, 0) is 52.9 Å². The molecule has 2 heterocycles. The van der Waals surface area contributed by atoms with Gasteiger partial charge in [0.2, 0.25) is 5.91 Å². The lowest BCUT2D eigenvalue weighted by Crippen LogP contribution is -2.48. The van der Waals surface area contributed by atoms with Crippen LogP contribution in [0.25, 0.3) is 0 Å². The third-order valence-corrected chi connectivity index (χ3v) is 4.09. The Hall–Kier alpha value is -1.26. The first kappa shape index (κ1) is 16.1. The summed E-state index contributed by atoms with van der Waals surface area (Å²) in [5.41, 5.74) is -0.485. The molecular weight excluding hydrogens is 268 g/mol. The van der Waals surface area contributed by atoms with Crippen LogP contribution in [0.1, 0.15) is 52.9 Å². The zero-order valence-electron chi connectivity index (χ0n) is 13.6. The molecule has 0 radical (unpaired) electrons. The summed E-state index contributed by atoms with van der Waals surface area (Å²) in [4.78, 5) is 28.4. The fraction of sp³-hybridized carbons (Fsp3) is 0.875. The van der Waals surface area contributed by atoms with E-state index in [4.69, 9.17) is 4.74 Å². The topological polar surface area (TPSA) is 49.9 Å². The van der Waals surface area contributed by atoms with Gasteiger partial charge in [-0.3, -0.25) is 4.79 Å². The Bertz CT molecular complexity index is 383. The Balaban J connectivity index is 1.90. The molecule has 0 N–H and O–H groups in total. The summed E-state index contributed by atoms with van der Waals surface area (Å²) >= 11 is 0. The molecule has 2 rings (SSSR count). The standard InChI is InChI=1S/C16H28N2O3/c1-16(2,3)21-15(20)18-11-7-8-13(12-18)14(19)17-9-5-4-6-10-17/h13H,4-12H2,1-3H3/t13-/m0/s1. The molecular formula is C16H28N2O3. The molecule has 2 amide bonds. The first-order chi connectivity index (χ1) is 9.87. The van der Waals surface area contributed by atoms with Crippen LogP contribution in [0.15, 0.2) is 0 Å². The van der Waals surface area contributed by atoms with Crippen LogP contribution in [-0.4, -0.2) is 53.6 Å². The molecule has 21 heavy (non-hydrogen) atoms. The Kier molecular flexibility index (Phi) is 5.12. The zero-order valence-corrected chi connectivity index (χ0v) is 13.6. The number of rotatable bonds is 1. The van der Waals surface area contributed by atoms with Crippen LogP contribution in [-0.2, 0) is 9.53 Å². The van der Waals surface area contributed by atoms with E-state index in [9.17, 15) is 9.59 Å². The second kappa shape index (κ2) is 6.67. The average Bonchev–Trinajstić information content (AvgIpc) is 2.46. The molecule has 1 atom stereocenters. The van der Waals surface area contributed by atoms with Gasteiger partial charge in [0.05, 0.1) is 5.92 Å². The van der Waals surface area contributed by atoms with Gasteiger partial charge < -0.3 is 14.5 Å². The number of hydrogen-bond acceptors (Lipinski definition) is 3. The second-order valence-corrected chi connectivity index (χ2v) is 7.15. The molecule has 5 heteroatoms. The summed E-state index contributed by atoms with van der Waals surface area (Å²) in [6, 6.07) is 0. The van der Waals surface area contributed by atoms with Gasteiger partial charge >= 0.3 is 6.09 Å². The van der Waals surface area contributed by atoms with Crippen molar-refractivity contribution in [1.29, 1.82) is 0 Å². The van der Waals surface area contributed by atoms with Gasteiger partial charge in [0.15, 0.2) is 0 Å². The smallest absolute Gasteiger partial charge is 0.410 e. The molecule has 0 unspecified atom stereocenters. The first-order valence-corrected chi connectivity index (χ1v) is 8.13. The highest BCUT2D eigenvalue weighted by Gasteiger charge is 2.33. The number of carbonyl (C=O) groups is 2. The summed E-state index contributed by atoms with van der Waals surface area (Å²) in [5, 5.41) is 0. The van der Waals surface area contributed by atoms with E-state index in [0.717, 1.165) is 38.8 Å². The number of likely N-dealkylation sites (tertiary alicyclic amines) is 2. The lowest BCUT2D eigenvalue weighted by molar-refractivity contribution is -0.138. The molecule has 0 saturated carbocycles. The summed E-state index contributed by atoms with van der Waals surface area (Å²) in [5.74, 6) is 0.173. The molecule has 5 nitrogen and oxygen atoms in total. The molecule has 2 aliphatic rings. The third-order valence-electron chi connectivity index (χ3n) is 4.09. The molecule has 0 spiro atoms. The minimum absolute atomic E-state index is 0.0515. The number of ether oxygens (including phenoxy) is 1. The highest BCUT2D eigenvalue weighted by atomic mass is 16.6. The maximum atomic E-state index is 12.6. The van der Waals surface area contributed by atoms with E-state index in [1.54, 1.807) is 4.90 Å². The molecule has 2 fully saturated rings. The summed E-state index contributed by atoms with van der Waals surface area (Å²) in [6.45, 7) is 8.55. The Labute approximate surface area is 127 Å². The molecule has 120 valence electrons. The summed E-state index contributed by atoms with van der Waals surface area (Å²) < 4.78 is 5.41. The highest BCUT2D eigenvalue weighted by molar-refractivity contribution is 5.80. The maximum Gasteiger partial charge on any atom is 0.410 e.